The normalized spacial score (nSPS) is 20.0. The smallest absolute Gasteiger partial charge is 0.303 e. The minimum atomic E-state index is -0.754. The number of ether oxygens (including phenoxy) is 2. The number of aliphatic carboxylic acids is 1. The molecule has 0 aromatic carbocycles. The average molecular weight is 160 g/mol. The number of rotatable bonds is 3. The molecule has 1 saturated heterocycles. The van der Waals surface area contributed by atoms with Gasteiger partial charge in [0.1, 0.15) is 6.79 Å². The molecule has 0 aromatic rings. The quantitative estimate of drug-likeness (QED) is 0.652. The van der Waals surface area contributed by atoms with Gasteiger partial charge in [-0.15, -0.1) is 0 Å². The summed E-state index contributed by atoms with van der Waals surface area (Å²) in [7, 11) is 0. The van der Waals surface area contributed by atoms with E-state index in [-0.39, 0.29) is 12.3 Å². The third kappa shape index (κ3) is 3.34. The lowest BCUT2D eigenvalue weighted by atomic mass is 10.1. The van der Waals surface area contributed by atoms with E-state index in [1.54, 1.807) is 0 Å². The number of carboxylic acids is 1. The summed E-state index contributed by atoms with van der Waals surface area (Å²) in [6.45, 7) is 1.62. The zero-order chi connectivity index (χ0) is 8.10. The van der Waals surface area contributed by atoms with Gasteiger partial charge in [-0.1, -0.05) is 0 Å². The molecule has 0 bridgehead atoms. The summed E-state index contributed by atoms with van der Waals surface area (Å²) in [5.41, 5.74) is 0. The molecule has 1 N–H and O–H groups in total. The van der Waals surface area contributed by atoms with Crippen LogP contribution in [0.2, 0.25) is 0 Å². The first kappa shape index (κ1) is 8.49. The molecule has 0 aromatic heterocycles. The van der Waals surface area contributed by atoms with E-state index in [1.807, 2.05) is 0 Å². The molecule has 0 radical (unpaired) electrons. The van der Waals surface area contributed by atoms with Crippen LogP contribution in [0.1, 0.15) is 12.8 Å². The van der Waals surface area contributed by atoms with E-state index in [0.29, 0.717) is 26.4 Å². The first-order chi connectivity index (χ1) is 5.29. The maximum Gasteiger partial charge on any atom is 0.303 e. The monoisotopic (exact) mass is 160 g/mol. The van der Waals surface area contributed by atoms with Gasteiger partial charge in [-0.25, -0.2) is 0 Å². The van der Waals surface area contributed by atoms with Crippen molar-refractivity contribution in [2.45, 2.75) is 12.8 Å². The Labute approximate surface area is 65.1 Å². The topological polar surface area (TPSA) is 55.8 Å². The van der Waals surface area contributed by atoms with Crippen molar-refractivity contribution >= 4 is 5.97 Å². The van der Waals surface area contributed by atoms with Crippen molar-refractivity contribution in [3.05, 3.63) is 0 Å². The molecular weight excluding hydrogens is 148 g/mol. The minimum Gasteiger partial charge on any atom is -0.481 e. The van der Waals surface area contributed by atoms with Gasteiger partial charge in [0, 0.05) is 12.3 Å². The summed E-state index contributed by atoms with van der Waals surface area (Å²) < 4.78 is 10.00. The number of carboxylic acid groups (broad SMARTS) is 1. The number of carbonyl (C=O) groups is 1. The maximum atomic E-state index is 10.2. The molecule has 4 nitrogen and oxygen atoms in total. The second-order valence-electron chi connectivity index (χ2n) is 2.66. The molecule has 1 aliphatic heterocycles. The van der Waals surface area contributed by atoms with E-state index in [1.165, 1.54) is 0 Å². The molecule has 11 heavy (non-hydrogen) atoms. The first-order valence-electron chi connectivity index (χ1n) is 3.66. The molecule has 0 atom stereocenters. The van der Waals surface area contributed by atoms with Crippen LogP contribution < -0.4 is 0 Å². The summed E-state index contributed by atoms with van der Waals surface area (Å²) in [5.74, 6) is -0.490. The van der Waals surface area contributed by atoms with Crippen LogP contribution >= 0.6 is 0 Å². The van der Waals surface area contributed by atoms with Crippen LogP contribution in [0.15, 0.2) is 0 Å². The summed E-state index contributed by atoms with van der Waals surface area (Å²) in [5, 5.41) is 8.36. The number of hydrogen-bond donors (Lipinski definition) is 1. The molecule has 0 unspecified atom stereocenters. The van der Waals surface area contributed by atoms with E-state index >= 15 is 0 Å². The summed E-state index contributed by atoms with van der Waals surface area (Å²) >= 11 is 0. The lowest BCUT2D eigenvalue weighted by Crippen LogP contribution is -2.24. The Kier molecular flexibility index (Phi) is 3.32. The minimum absolute atomic E-state index is 0.206. The Morgan fingerprint density at radius 2 is 2.09 bits per heavy atom. The summed E-state index contributed by atoms with van der Waals surface area (Å²) in [4.78, 5) is 10.2. The van der Waals surface area contributed by atoms with Gasteiger partial charge in [0.05, 0.1) is 13.2 Å². The van der Waals surface area contributed by atoms with Crippen molar-refractivity contribution in [2.24, 2.45) is 5.92 Å². The predicted molar refractivity (Wildman–Crippen MR) is 37.1 cm³/mol. The summed E-state index contributed by atoms with van der Waals surface area (Å²) in [6, 6.07) is 0. The van der Waals surface area contributed by atoms with Crippen LogP contribution in [-0.2, 0) is 14.3 Å². The van der Waals surface area contributed by atoms with Crippen molar-refractivity contribution in [3.8, 4) is 0 Å². The highest BCUT2D eigenvalue weighted by Crippen LogP contribution is 2.11. The van der Waals surface area contributed by atoms with Crippen LogP contribution in [0.25, 0.3) is 0 Å². The summed E-state index contributed by atoms with van der Waals surface area (Å²) in [6.07, 6.45) is 0.854. The second-order valence-corrected chi connectivity index (χ2v) is 2.66. The SMILES string of the molecule is O=C(O)CCC1COCOC1. The van der Waals surface area contributed by atoms with E-state index in [4.69, 9.17) is 14.6 Å². The Balaban J connectivity index is 2.09. The third-order valence-corrected chi connectivity index (χ3v) is 1.64. The molecule has 0 saturated carbocycles. The molecule has 0 spiro atoms. The van der Waals surface area contributed by atoms with Crippen molar-refractivity contribution in [3.63, 3.8) is 0 Å². The van der Waals surface area contributed by atoms with E-state index in [2.05, 4.69) is 0 Å². The fraction of sp³-hybridized carbons (Fsp3) is 0.857. The molecule has 64 valence electrons. The van der Waals surface area contributed by atoms with Crippen molar-refractivity contribution < 1.29 is 19.4 Å². The molecule has 1 heterocycles. The van der Waals surface area contributed by atoms with Gasteiger partial charge >= 0.3 is 5.97 Å². The van der Waals surface area contributed by atoms with Gasteiger partial charge in [-0.05, 0) is 6.42 Å². The molecule has 1 aliphatic rings. The average Bonchev–Trinajstić information content (AvgIpc) is 2.03. The largest absolute Gasteiger partial charge is 0.481 e. The first-order valence-corrected chi connectivity index (χ1v) is 3.66. The Morgan fingerprint density at radius 3 is 2.64 bits per heavy atom. The Hall–Kier alpha value is -0.610. The van der Waals surface area contributed by atoms with Crippen molar-refractivity contribution in [2.75, 3.05) is 20.0 Å². The van der Waals surface area contributed by atoms with Gasteiger partial charge in [0.2, 0.25) is 0 Å². The predicted octanol–water partition coefficient (Wildman–Crippen LogP) is 0.472. The molecule has 0 aliphatic carbocycles. The highest BCUT2D eigenvalue weighted by atomic mass is 16.7. The van der Waals surface area contributed by atoms with E-state index in [9.17, 15) is 4.79 Å². The van der Waals surface area contributed by atoms with E-state index < -0.39 is 5.97 Å². The Bertz CT molecular complexity index is 128. The van der Waals surface area contributed by atoms with Gasteiger partial charge in [0.15, 0.2) is 0 Å². The van der Waals surface area contributed by atoms with Crippen LogP contribution in [0, 0.1) is 5.92 Å². The van der Waals surface area contributed by atoms with Crippen LogP contribution in [0.3, 0.4) is 0 Å². The van der Waals surface area contributed by atoms with Gasteiger partial charge in [-0.2, -0.15) is 0 Å². The van der Waals surface area contributed by atoms with Crippen LogP contribution in [-0.4, -0.2) is 31.1 Å². The van der Waals surface area contributed by atoms with Gasteiger partial charge < -0.3 is 14.6 Å². The molecule has 1 rings (SSSR count). The lowest BCUT2D eigenvalue weighted by Gasteiger charge is -2.21. The van der Waals surface area contributed by atoms with Crippen molar-refractivity contribution in [1.29, 1.82) is 0 Å². The van der Waals surface area contributed by atoms with Gasteiger partial charge in [0.25, 0.3) is 0 Å². The zero-order valence-electron chi connectivity index (χ0n) is 6.28. The van der Waals surface area contributed by atoms with E-state index in [0.717, 1.165) is 0 Å². The van der Waals surface area contributed by atoms with Crippen LogP contribution in [0.4, 0.5) is 0 Å². The highest BCUT2D eigenvalue weighted by Gasteiger charge is 2.14. The van der Waals surface area contributed by atoms with Gasteiger partial charge in [-0.3, -0.25) is 4.79 Å². The maximum absolute atomic E-state index is 10.2. The second kappa shape index (κ2) is 4.31. The van der Waals surface area contributed by atoms with Crippen molar-refractivity contribution in [1.82, 2.24) is 0 Å². The third-order valence-electron chi connectivity index (χ3n) is 1.64. The standard InChI is InChI=1S/C7H12O4/c8-7(9)2-1-6-3-10-5-11-4-6/h6H,1-5H2,(H,8,9). The fourth-order valence-corrected chi connectivity index (χ4v) is 1.03. The molecule has 4 heteroatoms. The molecule has 1 fully saturated rings. The molecular formula is C7H12O4. The number of hydrogen-bond acceptors (Lipinski definition) is 3. The highest BCUT2D eigenvalue weighted by molar-refractivity contribution is 5.66. The zero-order valence-corrected chi connectivity index (χ0v) is 6.28. The fourth-order valence-electron chi connectivity index (χ4n) is 1.03. The lowest BCUT2D eigenvalue weighted by molar-refractivity contribution is -0.141. The molecule has 0 amide bonds. The Morgan fingerprint density at radius 1 is 1.45 bits per heavy atom. The van der Waals surface area contributed by atoms with Crippen LogP contribution in [0.5, 0.6) is 0 Å².